The molecule has 0 spiro atoms. The second kappa shape index (κ2) is 29.5. The van der Waals surface area contributed by atoms with E-state index in [4.69, 9.17) is 23.1 Å². The van der Waals surface area contributed by atoms with Crippen molar-refractivity contribution in [3.05, 3.63) is 89.1 Å². The van der Waals surface area contributed by atoms with Crippen LogP contribution < -0.4 is 54.0 Å². The van der Waals surface area contributed by atoms with Crippen LogP contribution in [0.15, 0.2) is 67.3 Å². The Kier molecular flexibility index (Phi) is 23.3. The van der Waals surface area contributed by atoms with Crippen molar-refractivity contribution >= 4 is 87.4 Å². The van der Waals surface area contributed by atoms with E-state index in [2.05, 4.69) is 57.5 Å². The third kappa shape index (κ3) is 18.6. The van der Waals surface area contributed by atoms with Gasteiger partial charge in [-0.15, -0.1) is 11.8 Å². The highest BCUT2D eigenvalue weighted by Gasteiger charge is 2.35. The third-order valence-electron chi connectivity index (χ3n) is 12.9. The molecule has 5 rings (SSSR count). The van der Waals surface area contributed by atoms with Gasteiger partial charge in [0.25, 0.3) is 0 Å². The molecule has 4 aromatic rings. The topological polar surface area (TPSA) is 350 Å². The number of amides is 9. The van der Waals surface area contributed by atoms with E-state index in [9.17, 15) is 43.2 Å². The summed E-state index contributed by atoms with van der Waals surface area (Å²) >= 11 is 7.92. The Balaban J connectivity index is 1.24. The van der Waals surface area contributed by atoms with Crippen LogP contribution in [0.2, 0.25) is 5.02 Å². The van der Waals surface area contributed by atoms with Crippen molar-refractivity contribution < 1.29 is 43.2 Å². The number of H-pyrrole nitrogens is 2. The summed E-state index contributed by atoms with van der Waals surface area (Å²) in [7, 11) is 1.59. The highest BCUT2D eigenvalue weighted by atomic mass is 35.5. The van der Waals surface area contributed by atoms with Crippen molar-refractivity contribution in [2.75, 3.05) is 31.8 Å². The maximum atomic E-state index is 14.2. The van der Waals surface area contributed by atoms with Crippen LogP contribution in [0.4, 0.5) is 0 Å². The van der Waals surface area contributed by atoms with Crippen LogP contribution >= 0.6 is 23.4 Å². The van der Waals surface area contributed by atoms with Gasteiger partial charge in [-0.1, -0.05) is 75.7 Å². The number of aromatic nitrogens is 3. The van der Waals surface area contributed by atoms with Crippen LogP contribution in [-0.4, -0.2) is 153 Å². The number of thioether (sulfide) groups is 1. The zero-order chi connectivity index (χ0) is 56.3. The maximum Gasteiger partial charge on any atom is 0.243 e. The van der Waals surface area contributed by atoms with E-state index in [1.54, 1.807) is 69.2 Å². The van der Waals surface area contributed by atoms with Crippen molar-refractivity contribution in [3.8, 4) is 0 Å². The molecule has 0 saturated carbocycles. The molecule has 77 heavy (non-hydrogen) atoms. The van der Waals surface area contributed by atoms with E-state index < -0.39 is 96.0 Å². The highest BCUT2D eigenvalue weighted by Crippen LogP contribution is 2.23. The second-order valence-electron chi connectivity index (χ2n) is 19.9. The SMILES string of the molecule is CNC(=O)[C@@H]1CSCN1C[C@H](CC(C)C)NC(=O)[C@H](Cc1cnc[nH]1)NC(=O)CNC(=O)[C@@H](NC(=O)[C@H](C)NC(=O)[C@H](Cc1c[nH]c2ccccc12)NC(=O)[C@H](CCC(N)=O)NC(=O)[C@H](N)Cc1ccccc1Cl)C(C)C. The summed E-state index contributed by atoms with van der Waals surface area (Å²) in [6, 6.07) is 5.97. The number of halogens is 1. The standard InChI is InChI=1S/C52H73ClN14O9S/c1-28(2)17-34(24-67-27-77-25-42(67)51(75)56-6)62-50(74)41(20-33-22-57-26-60-33)63-44(69)23-59-52(76)45(29(3)4)66-46(70)30(5)61-49(73)40(19-32-21-58-38-14-10-8-12-35(32)38)65-48(72)39(15-16-43(55)68)64-47(71)37(54)18-31-11-7-9-13-36(31)53/h7-14,21-22,26,28-30,34,37,39-42,45,58H,15-20,23-25,27,54H2,1-6H3,(H2,55,68)(H,56,75)(H,57,60)(H,59,76)(H,61,73)(H,62,74)(H,63,69)(H,64,71)(H,65,72)(H,66,70)/t30-,34-,37+,39-,40-,41-,42-,45-/m0/s1. The molecular formula is C52H73ClN14O9S. The van der Waals surface area contributed by atoms with Gasteiger partial charge in [0, 0.05) is 84.5 Å². The van der Waals surface area contributed by atoms with Crippen LogP contribution in [0.3, 0.4) is 0 Å². The molecule has 1 saturated heterocycles. The predicted molar refractivity (Wildman–Crippen MR) is 292 cm³/mol. The second-order valence-corrected chi connectivity index (χ2v) is 21.3. The van der Waals surface area contributed by atoms with E-state index in [-0.39, 0.29) is 56.0 Å². The van der Waals surface area contributed by atoms with Crippen LogP contribution in [0.5, 0.6) is 0 Å². The first-order valence-electron chi connectivity index (χ1n) is 25.6. The zero-order valence-corrected chi connectivity index (χ0v) is 45.8. The minimum atomic E-state index is -1.37. The van der Waals surface area contributed by atoms with Gasteiger partial charge < -0.3 is 64.0 Å². The molecule has 0 aliphatic carbocycles. The number of fused-ring (bicyclic) bond motifs is 1. The van der Waals surface area contributed by atoms with E-state index >= 15 is 0 Å². The Morgan fingerprint density at radius 2 is 1.44 bits per heavy atom. The van der Waals surface area contributed by atoms with Crippen molar-refractivity contribution in [2.45, 2.75) is 121 Å². The molecule has 8 atom stereocenters. The van der Waals surface area contributed by atoms with E-state index in [0.29, 0.717) is 46.4 Å². The summed E-state index contributed by atoms with van der Waals surface area (Å²) in [4.78, 5) is 133. The number of likely N-dealkylation sites (N-methyl/N-ethyl adjacent to an activating group) is 1. The number of para-hydroxylation sites is 1. The molecule has 1 aliphatic rings. The molecule has 14 N–H and O–H groups in total. The van der Waals surface area contributed by atoms with E-state index in [0.717, 1.165) is 10.9 Å². The van der Waals surface area contributed by atoms with Gasteiger partial charge in [0.15, 0.2) is 0 Å². The van der Waals surface area contributed by atoms with Crippen molar-refractivity contribution in [1.82, 2.24) is 62.4 Å². The van der Waals surface area contributed by atoms with Crippen molar-refractivity contribution in [2.24, 2.45) is 23.3 Å². The number of carbonyl (C=O) groups is 9. The lowest BCUT2D eigenvalue weighted by molar-refractivity contribution is -0.135. The number of imidazole rings is 1. The highest BCUT2D eigenvalue weighted by molar-refractivity contribution is 7.99. The summed E-state index contributed by atoms with van der Waals surface area (Å²) in [5.74, 6) is -4.94. The molecule has 23 nitrogen and oxygen atoms in total. The van der Waals surface area contributed by atoms with Crippen LogP contribution in [-0.2, 0) is 62.4 Å². The minimum absolute atomic E-state index is 0.0343. The lowest BCUT2D eigenvalue weighted by Crippen LogP contribution is -2.59. The predicted octanol–water partition coefficient (Wildman–Crippen LogP) is 0.0330. The van der Waals surface area contributed by atoms with Gasteiger partial charge in [-0.05, 0) is 61.3 Å². The quantitative estimate of drug-likeness (QED) is 0.0342. The molecule has 3 heterocycles. The summed E-state index contributed by atoms with van der Waals surface area (Å²) < 4.78 is 0. The Hall–Kier alpha value is -7.02. The van der Waals surface area contributed by atoms with Gasteiger partial charge in [-0.3, -0.25) is 48.1 Å². The van der Waals surface area contributed by atoms with Crippen LogP contribution in [0, 0.1) is 11.8 Å². The number of aromatic amines is 2. The molecule has 25 heteroatoms. The van der Waals surface area contributed by atoms with Gasteiger partial charge in [-0.2, -0.15) is 0 Å². The van der Waals surface area contributed by atoms with Crippen LogP contribution in [0.1, 0.15) is 70.7 Å². The number of hydrogen-bond acceptors (Lipinski definition) is 13. The minimum Gasteiger partial charge on any atom is -0.370 e. The van der Waals surface area contributed by atoms with Gasteiger partial charge in [0.1, 0.15) is 30.2 Å². The molecule has 9 amide bonds. The molecule has 1 fully saturated rings. The zero-order valence-electron chi connectivity index (χ0n) is 44.2. The first kappa shape index (κ1) is 60.8. The molecule has 0 radical (unpaired) electrons. The summed E-state index contributed by atoms with van der Waals surface area (Å²) in [5, 5.41) is 22.8. The molecule has 0 bridgehead atoms. The van der Waals surface area contributed by atoms with Crippen molar-refractivity contribution in [1.29, 1.82) is 0 Å². The normalized spacial score (nSPS) is 16.3. The van der Waals surface area contributed by atoms with Crippen molar-refractivity contribution in [3.63, 3.8) is 0 Å². The average Bonchev–Trinajstić information content (AvgIpc) is 4.18. The summed E-state index contributed by atoms with van der Waals surface area (Å²) in [5.41, 5.74) is 14.2. The number of primary amides is 1. The first-order valence-corrected chi connectivity index (χ1v) is 27.1. The first-order chi connectivity index (χ1) is 36.6. The fourth-order valence-corrected chi connectivity index (χ4v) is 10.2. The van der Waals surface area contributed by atoms with E-state index in [1.807, 2.05) is 36.9 Å². The number of nitrogens with two attached hydrogens (primary N) is 2. The summed E-state index contributed by atoms with van der Waals surface area (Å²) in [6.45, 7) is 8.63. The molecule has 418 valence electrons. The monoisotopic (exact) mass is 1100 g/mol. The van der Waals surface area contributed by atoms with E-state index in [1.165, 1.54) is 19.4 Å². The smallest absolute Gasteiger partial charge is 0.243 e. The lowest BCUT2D eigenvalue weighted by atomic mass is 10.0. The molecule has 1 aliphatic heterocycles. The third-order valence-corrected chi connectivity index (χ3v) is 14.3. The molecule has 2 aromatic carbocycles. The number of nitrogens with one attached hydrogen (secondary N) is 10. The molecule has 0 unspecified atom stereocenters. The Bertz CT molecular complexity index is 2690. The molecular weight excluding hydrogens is 1030 g/mol. The Morgan fingerprint density at radius 1 is 0.766 bits per heavy atom. The number of nitrogens with zero attached hydrogens (tertiary/aromatic N) is 2. The fraction of sp³-hybridized carbons (Fsp3) is 0.500. The lowest BCUT2D eigenvalue weighted by Gasteiger charge is -2.30. The fourth-order valence-electron chi connectivity index (χ4n) is 8.77. The maximum absolute atomic E-state index is 14.2. The largest absolute Gasteiger partial charge is 0.370 e. The van der Waals surface area contributed by atoms with Gasteiger partial charge in [-0.25, -0.2) is 4.98 Å². The Labute approximate surface area is 456 Å². The number of hydrogen-bond donors (Lipinski definition) is 12. The molecule has 2 aromatic heterocycles. The number of benzene rings is 2. The summed E-state index contributed by atoms with van der Waals surface area (Å²) in [6.07, 6.45) is 4.73. The van der Waals surface area contributed by atoms with Gasteiger partial charge >= 0.3 is 0 Å². The van der Waals surface area contributed by atoms with Gasteiger partial charge in [0.05, 0.1) is 25.0 Å². The average molecular weight is 1110 g/mol. The Morgan fingerprint density at radius 3 is 2.12 bits per heavy atom. The number of carbonyl (C=O) groups excluding carboxylic acids is 9. The number of rotatable bonds is 29. The van der Waals surface area contributed by atoms with Gasteiger partial charge in [0.2, 0.25) is 53.2 Å². The van der Waals surface area contributed by atoms with Crippen LogP contribution in [0.25, 0.3) is 10.9 Å².